The largest absolute Gasteiger partial charge is 0.394 e. The van der Waals surface area contributed by atoms with Crippen LogP contribution >= 0.6 is 0 Å². The zero-order chi connectivity index (χ0) is 12.7. The molecule has 4 unspecified atom stereocenters. The lowest BCUT2D eigenvalue weighted by Crippen LogP contribution is -2.36. The summed E-state index contributed by atoms with van der Waals surface area (Å²) in [6.07, 6.45) is 2.21. The molecule has 96 valence electrons. The summed E-state index contributed by atoms with van der Waals surface area (Å²) in [4.78, 5) is 12.1. The Hall–Kier alpha value is -1.35. The second-order valence-electron chi connectivity index (χ2n) is 5.55. The third kappa shape index (κ3) is 1.83. The van der Waals surface area contributed by atoms with E-state index in [4.69, 9.17) is 5.11 Å². The number of nitrogens with one attached hydrogen (secondary N) is 1. The van der Waals surface area contributed by atoms with Crippen LogP contribution in [0.15, 0.2) is 24.3 Å². The molecule has 0 saturated heterocycles. The minimum absolute atomic E-state index is 0.00435. The summed E-state index contributed by atoms with van der Waals surface area (Å²) < 4.78 is 0. The lowest BCUT2D eigenvalue weighted by molar-refractivity contribution is -0.123. The second-order valence-corrected chi connectivity index (χ2v) is 5.55. The smallest absolute Gasteiger partial charge is 0.224 e. The van der Waals surface area contributed by atoms with Gasteiger partial charge in [-0.2, -0.15) is 0 Å². The molecule has 1 aromatic rings. The van der Waals surface area contributed by atoms with Crippen molar-refractivity contribution in [3.05, 3.63) is 35.4 Å². The first-order valence-corrected chi connectivity index (χ1v) is 6.71. The van der Waals surface area contributed by atoms with Crippen LogP contribution in [0.5, 0.6) is 0 Å². The molecular weight excluding hydrogens is 226 g/mol. The molecule has 1 aromatic carbocycles. The molecule has 1 amide bonds. The van der Waals surface area contributed by atoms with Crippen LogP contribution in [0, 0.1) is 11.8 Å². The Kier molecular flexibility index (Phi) is 2.86. The van der Waals surface area contributed by atoms with Gasteiger partial charge in [-0.1, -0.05) is 24.3 Å². The Morgan fingerprint density at radius 2 is 2.28 bits per heavy atom. The van der Waals surface area contributed by atoms with Gasteiger partial charge in [-0.15, -0.1) is 0 Å². The van der Waals surface area contributed by atoms with E-state index in [-0.39, 0.29) is 24.5 Å². The normalized spacial score (nSPS) is 30.0. The molecule has 2 N–H and O–H groups in total. The highest BCUT2D eigenvalue weighted by Crippen LogP contribution is 2.59. The molecule has 1 fully saturated rings. The number of carbonyl (C=O) groups excluding carboxylic acids is 1. The number of aliphatic hydroxyl groups is 1. The summed E-state index contributed by atoms with van der Waals surface area (Å²) in [5.74, 6) is 1.18. The third-order valence-corrected chi connectivity index (χ3v) is 4.30. The Balaban J connectivity index is 1.75. The number of fused-ring (bicyclic) bond motifs is 3. The van der Waals surface area contributed by atoms with Gasteiger partial charge >= 0.3 is 0 Å². The predicted octanol–water partition coefficient (Wildman–Crippen LogP) is 1.46. The average Bonchev–Trinajstić information content (AvgIpc) is 3.13. The van der Waals surface area contributed by atoms with E-state index in [1.54, 1.807) is 0 Å². The number of carbonyl (C=O) groups is 1. The second kappa shape index (κ2) is 4.39. The van der Waals surface area contributed by atoms with Gasteiger partial charge in [0, 0.05) is 12.0 Å². The topological polar surface area (TPSA) is 49.3 Å². The molecule has 4 atom stereocenters. The minimum atomic E-state index is -0.143. The van der Waals surface area contributed by atoms with Gasteiger partial charge in [0.05, 0.1) is 6.61 Å². The molecule has 0 heterocycles. The van der Waals surface area contributed by atoms with Crippen LogP contribution in [0.2, 0.25) is 0 Å². The number of aliphatic hydroxyl groups excluding tert-OH is 1. The molecule has 0 spiro atoms. The van der Waals surface area contributed by atoms with Crippen LogP contribution in [0.3, 0.4) is 0 Å². The van der Waals surface area contributed by atoms with E-state index >= 15 is 0 Å². The number of hydrogen-bond donors (Lipinski definition) is 2. The summed E-state index contributed by atoms with van der Waals surface area (Å²) in [5.41, 5.74) is 2.77. The van der Waals surface area contributed by atoms with Crippen LogP contribution in [-0.4, -0.2) is 23.7 Å². The van der Waals surface area contributed by atoms with E-state index in [1.165, 1.54) is 11.1 Å². The number of hydrogen-bond acceptors (Lipinski definition) is 2. The Labute approximate surface area is 107 Å². The van der Waals surface area contributed by atoms with E-state index in [9.17, 15) is 4.79 Å². The van der Waals surface area contributed by atoms with Gasteiger partial charge in [0.1, 0.15) is 0 Å². The first-order valence-electron chi connectivity index (χ1n) is 6.71. The Bertz CT molecular complexity index is 471. The van der Waals surface area contributed by atoms with Gasteiger partial charge in [-0.05, 0) is 42.7 Å². The fraction of sp³-hybridized carbons (Fsp3) is 0.533. The molecule has 0 aromatic heterocycles. The predicted molar refractivity (Wildman–Crippen MR) is 69.2 cm³/mol. The maximum absolute atomic E-state index is 12.1. The van der Waals surface area contributed by atoms with Crippen molar-refractivity contribution < 1.29 is 9.90 Å². The SMILES string of the molecule is CC(CO)NC(=O)C1C2CCc3ccccc3C21. The first-order chi connectivity index (χ1) is 8.72. The fourth-order valence-corrected chi connectivity index (χ4v) is 3.31. The van der Waals surface area contributed by atoms with Gasteiger partial charge in [0.15, 0.2) is 0 Å². The van der Waals surface area contributed by atoms with Crippen molar-refractivity contribution in [2.45, 2.75) is 31.7 Å². The minimum Gasteiger partial charge on any atom is -0.394 e. The van der Waals surface area contributed by atoms with Crippen molar-refractivity contribution >= 4 is 5.91 Å². The number of benzene rings is 1. The van der Waals surface area contributed by atoms with Crippen LogP contribution < -0.4 is 5.32 Å². The standard InChI is InChI=1S/C15H19NO2/c1-9(8-17)16-15(18)14-12-7-6-10-4-2-3-5-11(10)13(12)14/h2-5,9,12-14,17H,6-8H2,1H3,(H,16,18). The monoisotopic (exact) mass is 245 g/mol. The van der Waals surface area contributed by atoms with E-state index in [2.05, 4.69) is 29.6 Å². The van der Waals surface area contributed by atoms with E-state index in [1.807, 2.05) is 6.92 Å². The van der Waals surface area contributed by atoms with Crippen molar-refractivity contribution in [2.75, 3.05) is 6.61 Å². The van der Waals surface area contributed by atoms with Crippen molar-refractivity contribution in [2.24, 2.45) is 11.8 Å². The molecule has 3 rings (SSSR count). The molecule has 3 nitrogen and oxygen atoms in total. The zero-order valence-corrected chi connectivity index (χ0v) is 10.6. The quantitative estimate of drug-likeness (QED) is 0.847. The first kappa shape index (κ1) is 11.7. The fourth-order valence-electron chi connectivity index (χ4n) is 3.31. The lowest BCUT2D eigenvalue weighted by Gasteiger charge is -2.13. The highest BCUT2D eigenvalue weighted by Gasteiger charge is 2.56. The Morgan fingerprint density at radius 1 is 1.50 bits per heavy atom. The molecular formula is C15H19NO2. The maximum Gasteiger partial charge on any atom is 0.224 e. The van der Waals surface area contributed by atoms with Crippen molar-refractivity contribution in [3.63, 3.8) is 0 Å². The van der Waals surface area contributed by atoms with E-state index in [0.717, 1.165) is 12.8 Å². The van der Waals surface area contributed by atoms with E-state index < -0.39 is 0 Å². The van der Waals surface area contributed by atoms with Crippen LogP contribution in [-0.2, 0) is 11.2 Å². The summed E-state index contributed by atoms with van der Waals surface area (Å²) in [7, 11) is 0. The third-order valence-electron chi connectivity index (χ3n) is 4.30. The van der Waals surface area contributed by atoms with Crippen LogP contribution in [0.4, 0.5) is 0 Å². The summed E-state index contributed by atoms with van der Waals surface area (Å²) in [5, 5.41) is 11.9. The Morgan fingerprint density at radius 3 is 3.06 bits per heavy atom. The van der Waals surface area contributed by atoms with Gasteiger partial charge in [0.2, 0.25) is 5.91 Å². The summed E-state index contributed by atoms with van der Waals surface area (Å²) in [6.45, 7) is 1.84. The van der Waals surface area contributed by atoms with Gasteiger partial charge in [-0.3, -0.25) is 4.79 Å². The highest BCUT2D eigenvalue weighted by atomic mass is 16.3. The maximum atomic E-state index is 12.1. The number of aryl methyl sites for hydroxylation is 1. The molecule has 0 aliphatic heterocycles. The summed E-state index contributed by atoms with van der Waals surface area (Å²) >= 11 is 0. The molecule has 2 aliphatic carbocycles. The van der Waals surface area contributed by atoms with E-state index in [0.29, 0.717) is 11.8 Å². The molecule has 3 heteroatoms. The molecule has 0 bridgehead atoms. The van der Waals surface area contributed by atoms with Crippen molar-refractivity contribution in [3.8, 4) is 0 Å². The van der Waals surface area contributed by atoms with Gasteiger partial charge in [0.25, 0.3) is 0 Å². The van der Waals surface area contributed by atoms with Crippen molar-refractivity contribution in [1.82, 2.24) is 5.32 Å². The summed E-state index contributed by atoms with van der Waals surface area (Å²) in [6, 6.07) is 8.33. The molecule has 0 radical (unpaired) electrons. The lowest BCUT2D eigenvalue weighted by atomic mass is 9.92. The molecule has 1 saturated carbocycles. The molecule has 2 aliphatic rings. The molecule has 18 heavy (non-hydrogen) atoms. The highest BCUT2D eigenvalue weighted by molar-refractivity contribution is 5.84. The number of amides is 1. The number of rotatable bonds is 3. The van der Waals surface area contributed by atoms with Gasteiger partial charge < -0.3 is 10.4 Å². The van der Waals surface area contributed by atoms with Crippen LogP contribution in [0.1, 0.15) is 30.4 Å². The zero-order valence-electron chi connectivity index (χ0n) is 10.6. The average molecular weight is 245 g/mol. The van der Waals surface area contributed by atoms with Gasteiger partial charge in [-0.25, -0.2) is 0 Å². The van der Waals surface area contributed by atoms with Crippen molar-refractivity contribution in [1.29, 1.82) is 0 Å². The van der Waals surface area contributed by atoms with Crippen LogP contribution in [0.25, 0.3) is 0 Å².